The van der Waals surface area contributed by atoms with E-state index in [-0.39, 0.29) is 17.3 Å². The van der Waals surface area contributed by atoms with Gasteiger partial charge in [-0.2, -0.15) is 0 Å². The summed E-state index contributed by atoms with van der Waals surface area (Å²) in [5.74, 6) is -0.107. The van der Waals surface area contributed by atoms with Gasteiger partial charge in [-0.3, -0.25) is 4.79 Å². The number of amides is 1. The number of carbonyl (C=O) groups excluding carboxylic acids is 1. The summed E-state index contributed by atoms with van der Waals surface area (Å²) >= 11 is 3.28. The predicted molar refractivity (Wildman–Crippen MR) is 84.5 cm³/mol. The van der Waals surface area contributed by atoms with Crippen LogP contribution in [0.5, 0.6) is 0 Å². The molecule has 1 aromatic rings. The van der Waals surface area contributed by atoms with Gasteiger partial charge in [0.25, 0.3) is 0 Å². The molecule has 0 fully saturated rings. The van der Waals surface area contributed by atoms with Crippen LogP contribution < -0.4 is 15.8 Å². The quantitative estimate of drug-likeness (QED) is 0.738. The predicted octanol–water partition coefficient (Wildman–Crippen LogP) is 1.35. The van der Waals surface area contributed by atoms with Gasteiger partial charge < -0.3 is 11.1 Å². The highest BCUT2D eigenvalue weighted by Gasteiger charge is 2.24. The number of halogens is 1. The molecule has 21 heavy (non-hydrogen) atoms. The van der Waals surface area contributed by atoms with Crippen molar-refractivity contribution in [1.82, 2.24) is 4.72 Å². The second kappa shape index (κ2) is 5.68. The zero-order valence-corrected chi connectivity index (χ0v) is 14.3. The molecule has 0 atom stereocenters. The van der Waals surface area contributed by atoms with Crippen LogP contribution in [0.2, 0.25) is 0 Å². The summed E-state index contributed by atoms with van der Waals surface area (Å²) in [6, 6.07) is 3.21. The maximum Gasteiger partial charge on any atom is 0.241 e. The van der Waals surface area contributed by atoms with Crippen molar-refractivity contribution in [2.24, 2.45) is 5.73 Å². The van der Waals surface area contributed by atoms with Crippen molar-refractivity contribution in [3.05, 3.63) is 22.2 Å². The molecule has 0 aromatic heterocycles. The topological polar surface area (TPSA) is 101 Å². The fourth-order valence-corrected chi connectivity index (χ4v) is 4.28. The van der Waals surface area contributed by atoms with E-state index in [0.717, 1.165) is 5.56 Å². The number of rotatable bonds is 4. The molecular formula is C13H18BrN3O3S. The van der Waals surface area contributed by atoms with E-state index >= 15 is 0 Å². The lowest BCUT2D eigenvalue weighted by molar-refractivity contribution is -0.116. The molecule has 0 aliphatic carbocycles. The van der Waals surface area contributed by atoms with E-state index in [2.05, 4.69) is 26.0 Å². The summed E-state index contributed by atoms with van der Waals surface area (Å²) in [4.78, 5) is 11.5. The van der Waals surface area contributed by atoms with Crippen LogP contribution in [0.25, 0.3) is 0 Å². The number of nitrogens with two attached hydrogens (primary N) is 1. The Morgan fingerprint density at radius 2 is 2.05 bits per heavy atom. The van der Waals surface area contributed by atoms with Gasteiger partial charge in [-0.1, -0.05) is 0 Å². The molecule has 0 saturated heterocycles. The second-order valence-electron chi connectivity index (χ2n) is 5.80. The Hall–Kier alpha value is -0.960. The summed E-state index contributed by atoms with van der Waals surface area (Å²) in [5, 5.41) is 2.70. The highest BCUT2D eigenvalue weighted by Crippen LogP contribution is 2.32. The lowest BCUT2D eigenvalue weighted by atomic mass is 10.0. The Kier molecular flexibility index (Phi) is 4.44. The van der Waals surface area contributed by atoms with E-state index in [1.807, 2.05) is 0 Å². The summed E-state index contributed by atoms with van der Waals surface area (Å²) in [5.41, 5.74) is 6.60. The molecule has 1 aliphatic rings. The molecule has 6 nitrogen and oxygen atoms in total. The SMILES string of the molecule is CC(C)(N)CNS(=O)(=O)c1cc2c(cc1Br)CCC(=O)N2. The number of anilines is 1. The molecule has 0 saturated carbocycles. The average Bonchev–Trinajstić information content (AvgIpc) is 2.35. The zero-order chi connectivity index (χ0) is 15.8. The van der Waals surface area contributed by atoms with Crippen molar-refractivity contribution < 1.29 is 13.2 Å². The molecule has 0 bridgehead atoms. The highest BCUT2D eigenvalue weighted by molar-refractivity contribution is 9.10. The van der Waals surface area contributed by atoms with Gasteiger partial charge >= 0.3 is 0 Å². The average molecular weight is 376 g/mol. The Bertz CT molecular complexity index is 681. The lowest BCUT2D eigenvalue weighted by Crippen LogP contribution is -2.45. The molecule has 1 aliphatic heterocycles. The standard InChI is InChI=1S/C13H18BrN3O3S/c1-13(2,15)7-16-21(19,20)11-6-10-8(5-9(11)14)3-4-12(18)17-10/h5-6,16H,3-4,7,15H2,1-2H3,(H,17,18). The molecule has 1 heterocycles. The molecule has 8 heteroatoms. The minimum atomic E-state index is -3.70. The first-order valence-electron chi connectivity index (χ1n) is 6.49. The monoisotopic (exact) mass is 375 g/mol. The number of carbonyl (C=O) groups is 1. The van der Waals surface area contributed by atoms with Gasteiger partial charge in [0, 0.05) is 28.7 Å². The van der Waals surface area contributed by atoms with E-state index < -0.39 is 15.6 Å². The van der Waals surface area contributed by atoms with Crippen molar-refractivity contribution >= 4 is 37.5 Å². The first kappa shape index (κ1) is 16.4. The number of hydrogen-bond acceptors (Lipinski definition) is 4. The van der Waals surface area contributed by atoms with Crippen LogP contribution in [0.15, 0.2) is 21.5 Å². The van der Waals surface area contributed by atoms with Gasteiger partial charge in [0.1, 0.15) is 0 Å². The van der Waals surface area contributed by atoms with Crippen molar-refractivity contribution in [3.8, 4) is 0 Å². The third-order valence-corrected chi connectivity index (χ3v) is 5.42. The van der Waals surface area contributed by atoms with Crippen LogP contribution in [-0.4, -0.2) is 26.4 Å². The molecule has 116 valence electrons. The van der Waals surface area contributed by atoms with Crippen molar-refractivity contribution in [1.29, 1.82) is 0 Å². The number of nitrogens with one attached hydrogen (secondary N) is 2. The van der Waals surface area contributed by atoms with E-state index in [0.29, 0.717) is 23.0 Å². The van der Waals surface area contributed by atoms with Crippen LogP contribution in [0, 0.1) is 0 Å². The Morgan fingerprint density at radius 1 is 1.38 bits per heavy atom. The normalized spacial score (nSPS) is 15.5. The fourth-order valence-electron chi connectivity index (χ4n) is 1.94. The molecular weight excluding hydrogens is 358 g/mol. The van der Waals surface area contributed by atoms with Gasteiger partial charge in [-0.25, -0.2) is 13.1 Å². The third kappa shape index (κ3) is 4.03. The van der Waals surface area contributed by atoms with Crippen LogP contribution in [0.1, 0.15) is 25.8 Å². The van der Waals surface area contributed by atoms with Gasteiger partial charge in [0.2, 0.25) is 15.9 Å². The first-order chi connectivity index (χ1) is 9.58. The van der Waals surface area contributed by atoms with Gasteiger partial charge in [-0.15, -0.1) is 0 Å². The maximum atomic E-state index is 12.4. The van der Waals surface area contributed by atoms with Crippen molar-refractivity contribution in [2.45, 2.75) is 37.1 Å². The number of sulfonamides is 1. The highest BCUT2D eigenvalue weighted by atomic mass is 79.9. The minimum absolute atomic E-state index is 0.0905. The summed E-state index contributed by atoms with van der Waals surface area (Å²) in [7, 11) is -3.70. The maximum absolute atomic E-state index is 12.4. The summed E-state index contributed by atoms with van der Waals surface area (Å²) < 4.78 is 27.7. The minimum Gasteiger partial charge on any atom is -0.326 e. The Morgan fingerprint density at radius 3 is 2.67 bits per heavy atom. The van der Waals surface area contributed by atoms with Gasteiger partial charge in [0.05, 0.1) is 4.90 Å². The van der Waals surface area contributed by atoms with Crippen LogP contribution in [-0.2, 0) is 21.2 Å². The van der Waals surface area contributed by atoms with Crippen molar-refractivity contribution in [3.63, 3.8) is 0 Å². The van der Waals surface area contributed by atoms with E-state index in [1.165, 1.54) is 6.07 Å². The van der Waals surface area contributed by atoms with E-state index in [9.17, 15) is 13.2 Å². The summed E-state index contributed by atoms with van der Waals surface area (Å²) in [6.45, 7) is 3.58. The largest absolute Gasteiger partial charge is 0.326 e. The molecule has 4 N–H and O–H groups in total. The molecule has 0 radical (unpaired) electrons. The lowest BCUT2D eigenvalue weighted by Gasteiger charge is -2.21. The van der Waals surface area contributed by atoms with E-state index in [4.69, 9.17) is 5.73 Å². The zero-order valence-electron chi connectivity index (χ0n) is 11.9. The molecule has 1 aromatic carbocycles. The fraction of sp³-hybridized carbons (Fsp3) is 0.462. The molecule has 2 rings (SSSR count). The number of hydrogen-bond donors (Lipinski definition) is 3. The second-order valence-corrected chi connectivity index (χ2v) is 8.39. The first-order valence-corrected chi connectivity index (χ1v) is 8.77. The third-order valence-electron chi connectivity index (χ3n) is 3.06. The summed E-state index contributed by atoms with van der Waals surface area (Å²) in [6.07, 6.45) is 1.01. The number of aryl methyl sites for hydroxylation is 1. The number of benzene rings is 1. The van der Waals surface area contributed by atoms with Gasteiger partial charge in [0.15, 0.2) is 0 Å². The molecule has 0 spiro atoms. The van der Waals surface area contributed by atoms with Crippen molar-refractivity contribution in [2.75, 3.05) is 11.9 Å². The van der Waals surface area contributed by atoms with Crippen LogP contribution >= 0.6 is 15.9 Å². The van der Waals surface area contributed by atoms with E-state index in [1.54, 1.807) is 19.9 Å². The molecule has 0 unspecified atom stereocenters. The Labute approximate surface area is 132 Å². The van der Waals surface area contributed by atoms with Gasteiger partial charge in [-0.05, 0) is 53.9 Å². The number of fused-ring (bicyclic) bond motifs is 1. The molecule has 1 amide bonds. The smallest absolute Gasteiger partial charge is 0.241 e. The Balaban J connectivity index is 2.35. The van der Waals surface area contributed by atoms with Crippen LogP contribution in [0.3, 0.4) is 0 Å². The van der Waals surface area contributed by atoms with Crippen LogP contribution in [0.4, 0.5) is 5.69 Å².